The summed E-state index contributed by atoms with van der Waals surface area (Å²) in [6.07, 6.45) is 1.39. The molecule has 0 saturated heterocycles. The second-order valence-electron chi connectivity index (χ2n) is 4.11. The molecule has 2 aromatic heterocycles. The lowest BCUT2D eigenvalue weighted by atomic mass is 10.2. The van der Waals surface area contributed by atoms with Gasteiger partial charge in [0.1, 0.15) is 11.0 Å². The highest BCUT2D eigenvalue weighted by Gasteiger charge is 2.15. The SMILES string of the molecule is O=c1[nH]ncc2c(Cl)n(Cc3c(F)cccc3Cl)nc12. The minimum absolute atomic E-state index is 0.0262. The summed E-state index contributed by atoms with van der Waals surface area (Å²) in [7, 11) is 0. The molecule has 2 heterocycles. The van der Waals surface area contributed by atoms with Gasteiger partial charge >= 0.3 is 0 Å². The number of rotatable bonds is 2. The van der Waals surface area contributed by atoms with Crippen LogP contribution in [0.2, 0.25) is 10.2 Å². The van der Waals surface area contributed by atoms with Crippen LogP contribution in [0.15, 0.2) is 29.2 Å². The molecule has 20 heavy (non-hydrogen) atoms. The third-order valence-electron chi connectivity index (χ3n) is 2.87. The van der Waals surface area contributed by atoms with Crippen molar-refractivity contribution in [3.63, 3.8) is 0 Å². The molecule has 0 amide bonds. The Bertz CT molecular complexity index is 838. The van der Waals surface area contributed by atoms with Gasteiger partial charge in [-0.05, 0) is 12.1 Å². The highest BCUT2D eigenvalue weighted by molar-refractivity contribution is 6.34. The maximum atomic E-state index is 13.8. The van der Waals surface area contributed by atoms with Gasteiger partial charge in [0.2, 0.25) is 0 Å². The minimum Gasteiger partial charge on any atom is -0.265 e. The second kappa shape index (κ2) is 4.88. The lowest BCUT2D eigenvalue weighted by Crippen LogP contribution is -2.08. The minimum atomic E-state index is -0.458. The molecule has 102 valence electrons. The molecule has 0 aliphatic rings. The van der Waals surface area contributed by atoms with Gasteiger partial charge in [0.25, 0.3) is 5.56 Å². The number of aromatic amines is 1. The maximum Gasteiger partial charge on any atom is 0.292 e. The Kier molecular flexibility index (Phi) is 3.19. The standard InChI is InChI=1S/C12H7Cl2FN4O/c13-8-2-1-3-9(15)7(8)5-19-11(14)6-4-16-17-12(20)10(6)18-19/h1-4H,5H2,(H,17,20). The van der Waals surface area contributed by atoms with Crippen molar-refractivity contribution >= 4 is 34.1 Å². The van der Waals surface area contributed by atoms with E-state index in [1.165, 1.54) is 23.0 Å². The third kappa shape index (κ3) is 2.07. The molecule has 0 saturated carbocycles. The zero-order valence-corrected chi connectivity index (χ0v) is 11.4. The number of H-pyrrole nitrogens is 1. The van der Waals surface area contributed by atoms with Gasteiger partial charge < -0.3 is 0 Å². The molecular weight excluding hydrogens is 306 g/mol. The van der Waals surface area contributed by atoms with Crippen molar-refractivity contribution in [1.82, 2.24) is 20.0 Å². The van der Waals surface area contributed by atoms with Crippen LogP contribution in [0.3, 0.4) is 0 Å². The van der Waals surface area contributed by atoms with E-state index < -0.39 is 11.4 Å². The molecule has 8 heteroatoms. The molecule has 0 radical (unpaired) electrons. The van der Waals surface area contributed by atoms with Crippen LogP contribution < -0.4 is 5.56 Å². The number of fused-ring (bicyclic) bond motifs is 1. The number of halogens is 3. The van der Waals surface area contributed by atoms with Gasteiger partial charge in [-0.2, -0.15) is 10.2 Å². The lowest BCUT2D eigenvalue weighted by molar-refractivity contribution is 0.587. The number of hydrogen-bond acceptors (Lipinski definition) is 3. The Labute approximate surface area is 121 Å². The summed E-state index contributed by atoms with van der Waals surface area (Å²) >= 11 is 12.1. The molecule has 0 aliphatic heterocycles. The largest absolute Gasteiger partial charge is 0.292 e. The number of aromatic nitrogens is 4. The molecule has 0 aliphatic carbocycles. The highest BCUT2D eigenvalue weighted by atomic mass is 35.5. The van der Waals surface area contributed by atoms with Crippen molar-refractivity contribution < 1.29 is 4.39 Å². The Morgan fingerprint density at radius 1 is 1.35 bits per heavy atom. The van der Waals surface area contributed by atoms with Gasteiger partial charge in [-0.1, -0.05) is 29.3 Å². The van der Waals surface area contributed by atoms with Crippen molar-refractivity contribution in [3.05, 3.63) is 56.3 Å². The predicted molar refractivity (Wildman–Crippen MR) is 73.7 cm³/mol. The van der Waals surface area contributed by atoms with Crippen molar-refractivity contribution in [2.24, 2.45) is 0 Å². The average molecular weight is 313 g/mol. The first kappa shape index (κ1) is 13.1. The summed E-state index contributed by atoms with van der Waals surface area (Å²) in [5.41, 5.74) is -0.0477. The molecule has 5 nitrogen and oxygen atoms in total. The van der Waals surface area contributed by atoms with E-state index in [1.54, 1.807) is 6.07 Å². The van der Waals surface area contributed by atoms with E-state index in [2.05, 4.69) is 15.3 Å². The molecule has 1 aromatic carbocycles. The van der Waals surface area contributed by atoms with E-state index in [1.807, 2.05) is 0 Å². The van der Waals surface area contributed by atoms with Gasteiger partial charge in [0.05, 0.1) is 18.1 Å². The molecule has 0 spiro atoms. The third-order valence-corrected chi connectivity index (χ3v) is 3.62. The highest BCUT2D eigenvalue weighted by Crippen LogP contribution is 2.24. The molecule has 0 fully saturated rings. The van der Waals surface area contributed by atoms with Crippen molar-refractivity contribution in [1.29, 1.82) is 0 Å². The van der Waals surface area contributed by atoms with E-state index in [0.717, 1.165) is 0 Å². The van der Waals surface area contributed by atoms with Gasteiger partial charge in [0, 0.05) is 10.6 Å². The first-order chi connectivity index (χ1) is 9.58. The Hall–Kier alpha value is -1.92. The number of hydrogen-bond donors (Lipinski definition) is 1. The van der Waals surface area contributed by atoms with Gasteiger partial charge in [-0.15, -0.1) is 0 Å². The van der Waals surface area contributed by atoms with E-state index >= 15 is 0 Å². The normalized spacial score (nSPS) is 11.2. The van der Waals surface area contributed by atoms with Crippen LogP contribution >= 0.6 is 23.2 Å². The zero-order chi connectivity index (χ0) is 14.3. The monoisotopic (exact) mass is 312 g/mol. The van der Waals surface area contributed by atoms with Gasteiger partial charge in [0.15, 0.2) is 5.52 Å². The Morgan fingerprint density at radius 2 is 2.15 bits per heavy atom. The fourth-order valence-electron chi connectivity index (χ4n) is 1.88. The van der Waals surface area contributed by atoms with E-state index in [-0.39, 0.29) is 27.8 Å². The van der Waals surface area contributed by atoms with Crippen LogP contribution in [-0.4, -0.2) is 20.0 Å². The zero-order valence-electron chi connectivity index (χ0n) is 9.90. The van der Waals surface area contributed by atoms with Crippen LogP contribution in [0, 0.1) is 5.82 Å². The topological polar surface area (TPSA) is 63.6 Å². The summed E-state index contributed by atoms with van der Waals surface area (Å²) < 4.78 is 15.1. The predicted octanol–water partition coefficient (Wildman–Crippen LogP) is 2.61. The molecule has 3 rings (SSSR count). The number of nitrogens with zero attached hydrogens (tertiary/aromatic N) is 3. The van der Waals surface area contributed by atoms with Gasteiger partial charge in [-0.3, -0.25) is 4.79 Å². The lowest BCUT2D eigenvalue weighted by Gasteiger charge is -2.06. The Morgan fingerprint density at radius 3 is 2.85 bits per heavy atom. The second-order valence-corrected chi connectivity index (χ2v) is 4.88. The summed E-state index contributed by atoms with van der Waals surface area (Å²) in [6, 6.07) is 4.38. The smallest absolute Gasteiger partial charge is 0.265 e. The van der Waals surface area contributed by atoms with E-state index in [0.29, 0.717) is 5.39 Å². The van der Waals surface area contributed by atoms with Crippen LogP contribution in [0.25, 0.3) is 10.9 Å². The summed E-state index contributed by atoms with van der Waals surface area (Å²) in [6.45, 7) is 0.0262. The number of benzene rings is 1. The van der Waals surface area contributed by atoms with E-state index in [4.69, 9.17) is 23.2 Å². The molecule has 1 N–H and O–H groups in total. The van der Waals surface area contributed by atoms with Crippen molar-refractivity contribution in [3.8, 4) is 0 Å². The summed E-state index contributed by atoms with van der Waals surface area (Å²) in [5, 5.41) is 10.9. The van der Waals surface area contributed by atoms with Crippen LogP contribution in [0.5, 0.6) is 0 Å². The fourth-order valence-corrected chi connectivity index (χ4v) is 2.34. The van der Waals surface area contributed by atoms with Crippen molar-refractivity contribution in [2.75, 3.05) is 0 Å². The Balaban J connectivity index is 2.14. The molecule has 0 atom stereocenters. The van der Waals surface area contributed by atoms with Crippen molar-refractivity contribution in [2.45, 2.75) is 6.54 Å². The molecule has 0 unspecified atom stereocenters. The van der Waals surface area contributed by atoms with Crippen LogP contribution in [0.4, 0.5) is 4.39 Å². The molecule has 3 aromatic rings. The quantitative estimate of drug-likeness (QED) is 0.791. The number of nitrogens with one attached hydrogen (secondary N) is 1. The maximum absolute atomic E-state index is 13.8. The molecular formula is C12H7Cl2FN4O. The molecule has 0 bridgehead atoms. The van der Waals surface area contributed by atoms with Gasteiger partial charge in [-0.25, -0.2) is 14.2 Å². The van der Waals surface area contributed by atoms with Crippen LogP contribution in [-0.2, 0) is 6.54 Å². The van der Waals surface area contributed by atoms with E-state index in [9.17, 15) is 9.18 Å². The first-order valence-corrected chi connectivity index (χ1v) is 6.36. The van der Waals surface area contributed by atoms with Crippen LogP contribution in [0.1, 0.15) is 5.56 Å². The average Bonchev–Trinajstić information content (AvgIpc) is 2.73. The summed E-state index contributed by atoms with van der Waals surface area (Å²) in [4.78, 5) is 11.6. The summed E-state index contributed by atoms with van der Waals surface area (Å²) in [5.74, 6) is -0.458. The fraction of sp³-hybridized carbons (Fsp3) is 0.0833. The first-order valence-electron chi connectivity index (χ1n) is 5.60.